The quantitative estimate of drug-likeness (QED) is 0.498. The number of anilines is 1. The van der Waals surface area contributed by atoms with Gasteiger partial charge in [-0.05, 0) is 38.0 Å². The molecule has 0 amide bonds. The van der Waals surface area contributed by atoms with E-state index in [2.05, 4.69) is 33.3 Å². The van der Waals surface area contributed by atoms with E-state index in [0.29, 0.717) is 28.0 Å². The number of aryl methyl sites for hydroxylation is 1. The van der Waals surface area contributed by atoms with Gasteiger partial charge >= 0.3 is 0 Å². The van der Waals surface area contributed by atoms with Gasteiger partial charge in [0.05, 0.1) is 28.1 Å². The lowest BCUT2D eigenvalue weighted by molar-refractivity contribution is 0.372. The molecule has 1 saturated heterocycles. The minimum atomic E-state index is 0.121. The van der Waals surface area contributed by atoms with Crippen LogP contribution in [0.4, 0.5) is 5.69 Å². The van der Waals surface area contributed by atoms with Crippen molar-refractivity contribution in [3.05, 3.63) is 41.7 Å². The number of halogens is 1. The second kappa shape index (κ2) is 6.55. The summed E-state index contributed by atoms with van der Waals surface area (Å²) in [6, 6.07) is 7.86. The van der Waals surface area contributed by atoms with Crippen molar-refractivity contribution in [3.8, 4) is 17.0 Å². The molecule has 7 nitrogen and oxygen atoms in total. The number of hydrogen-bond acceptors (Lipinski definition) is 6. The lowest BCUT2D eigenvalue weighted by Crippen LogP contribution is -2.57. The van der Waals surface area contributed by atoms with Crippen LogP contribution in [0.5, 0.6) is 5.75 Å². The standard InChI is InChI=1S/C23H23ClN6O/c1-13-10-30(12-23(27-13)3-4-23)15-6-16-18(24)7-20(26-22(16)25-9-15)17-5-14-11-29(2)28-19(14)8-21(17)31/h5-9,11,13,27,31H,3-4,10,12H2,1-2H3/t13-/m1/s1. The molecule has 158 valence electrons. The van der Waals surface area contributed by atoms with Crippen LogP contribution in [0.1, 0.15) is 19.8 Å². The third kappa shape index (κ3) is 3.20. The van der Waals surface area contributed by atoms with Gasteiger partial charge in [-0.15, -0.1) is 0 Å². The number of hydrogen-bond donors (Lipinski definition) is 2. The predicted molar refractivity (Wildman–Crippen MR) is 123 cm³/mol. The van der Waals surface area contributed by atoms with Gasteiger partial charge in [-0.1, -0.05) is 11.6 Å². The summed E-state index contributed by atoms with van der Waals surface area (Å²) >= 11 is 6.69. The molecule has 1 aliphatic heterocycles. The molecule has 1 aliphatic carbocycles. The summed E-state index contributed by atoms with van der Waals surface area (Å²) in [5, 5.41) is 21.0. The lowest BCUT2D eigenvalue weighted by atomic mass is 10.1. The third-order valence-electron chi connectivity index (χ3n) is 6.37. The van der Waals surface area contributed by atoms with E-state index in [0.717, 1.165) is 35.1 Å². The van der Waals surface area contributed by atoms with E-state index in [9.17, 15) is 5.11 Å². The van der Waals surface area contributed by atoms with Crippen LogP contribution in [0, 0.1) is 0 Å². The maximum absolute atomic E-state index is 10.6. The number of fused-ring (bicyclic) bond motifs is 2. The van der Waals surface area contributed by atoms with Crippen molar-refractivity contribution in [3.63, 3.8) is 0 Å². The molecule has 0 radical (unpaired) electrons. The van der Waals surface area contributed by atoms with Crippen molar-refractivity contribution in [1.29, 1.82) is 0 Å². The number of benzene rings is 1. The first-order valence-corrected chi connectivity index (χ1v) is 10.9. The van der Waals surface area contributed by atoms with Gasteiger partial charge < -0.3 is 15.3 Å². The summed E-state index contributed by atoms with van der Waals surface area (Å²) in [7, 11) is 1.85. The number of rotatable bonds is 2. The molecule has 6 rings (SSSR count). The van der Waals surface area contributed by atoms with E-state index in [1.54, 1.807) is 16.8 Å². The lowest BCUT2D eigenvalue weighted by Gasteiger charge is -2.39. The zero-order chi connectivity index (χ0) is 21.3. The Kier molecular flexibility index (Phi) is 3.98. The molecule has 4 aromatic rings. The molecule has 3 aromatic heterocycles. The number of aromatic hydroxyl groups is 1. The molecular formula is C23H23ClN6O. The molecule has 4 heterocycles. The van der Waals surface area contributed by atoms with Crippen molar-refractivity contribution in [2.24, 2.45) is 7.05 Å². The van der Waals surface area contributed by atoms with Gasteiger partial charge in [-0.3, -0.25) is 4.68 Å². The van der Waals surface area contributed by atoms with Gasteiger partial charge in [0, 0.05) is 60.3 Å². The molecular weight excluding hydrogens is 412 g/mol. The number of nitrogens with zero attached hydrogens (tertiary/aromatic N) is 5. The summed E-state index contributed by atoms with van der Waals surface area (Å²) in [5.74, 6) is 0.121. The van der Waals surface area contributed by atoms with Crippen LogP contribution < -0.4 is 10.2 Å². The molecule has 0 bridgehead atoms. The average Bonchev–Trinajstić information content (AvgIpc) is 3.35. The monoisotopic (exact) mass is 434 g/mol. The van der Waals surface area contributed by atoms with Crippen LogP contribution in [0.25, 0.3) is 33.2 Å². The molecule has 1 aromatic carbocycles. The second-order valence-electron chi connectivity index (χ2n) is 8.99. The van der Waals surface area contributed by atoms with Gasteiger partial charge in [0.1, 0.15) is 5.75 Å². The van der Waals surface area contributed by atoms with Crippen LogP contribution in [0.15, 0.2) is 36.7 Å². The minimum absolute atomic E-state index is 0.121. The number of phenols is 1. The van der Waals surface area contributed by atoms with E-state index in [-0.39, 0.29) is 11.3 Å². The van der Waals surface area contributed by atoms with Crippen molar-refractivity contribution >= 4 is 39.2 Å². The van der Waals surface area contributed by atoms with Crippen LogP contribution in [-0.2, 0) is 7.05 Å². The Labute approximate surface area is 184 Å². The number of pyridine rings is 2. The summed E-state index contributed by atoms with van der Waals surface area (Å²) < 4.78 is 1.72. The number of aromatic nitrogens is 4. The van der Waals surface area contributed by atoms with E-state index < -0.39 is 0 Å². The minimum Gasteiger partial charge on any atom is -0.507 e. The summed E-state index contributed by atoms with van der Waals surface area (Å²) in [4.78, 5) is 11.7. The smallest absolute Gasteiger partial charge is 0.161 e. The van der Waals surface area contributed by atoms with Crippen molar-refractivity contribution in [2.45, 2.75) is 31.3 Å². The Morgan fingerprint density at radius 1 is 1.23 bits per heavy atom. The second-order valence-corrected chi connectivity index (χ2v) is 9.40. The van der Waals surface area contributed by atoms with Crippen LogP contribution >= 0.6 is 11.6 Å². The number of phenolic OH excluding ortho intramolecular Hbond substituents is 1. The highest BCUT2D eigenvalue weighted by atomic mass is 35.5. The Balaban J connectivity index is 1.41. The van der Waals surface area contributed by atoms with Gasteiger partial charge in [0.2, 0.25) is 0 Å². The molecule has 8 heteroatoms. The molecule has 31 heavy (non-hydrogen) atoms. The van der Waals surface area contributed by atoms with Crippen LogP contribution in [0.2, 0.25) is 5.02 Å². The molecule has 1 spiro atoms. The number of piperazine rings is 1. The van der Waals surface area contributed by atoms with Crippen molar-refractivity contribution < 1.29 is 5.11 Å². The van der Waals surface area contributed by atoms with Gasteiger partial charge in [-0.25, -0.2) is 9.97 Å². The maximum atomic E-state index is 10.6. The highest BCUT2D eigenvalue weighted by Gasteiger charge is 2.47. The summed E-state index contributed by atoms with van der Waals surface area (Å²) in [6.45, 7) is 4.16. The van der Waals surface area contributed by atoms with E-state index in [4.69, 9.17) is 16.6 Å². The van der Waals surface area contributed by atoms with Crippen LogP contribution in [-0.4, -0.2) is 49.5 Å². The first-order valence-electron chi connectivity index (χ1n) is 10.5. The van der Waals surface area contributed by atoms with Crippen molar-refractivity contribution in [2.75, 3.05) is 18.0 Å². The molecule has 2 fully saturated rings. The largest absolute Gasteiger partial charge is 0.507 e. The molecule has 0 unspecified atom stereocenters. The molecule has 2 aliphatic rings. The Hall–Kier alpha value is -2.90. The third-order valence-corrected chi connectivity index (χ3v) is 6.68. The highest BCUT2D eigenvalue weighted by Crippen LogP contribution is 2.41. The topological polar surface area (TPSA) is 79.1 Å². The molecule has 1 saturated carbocycles. The fourth-order valence-electron chi connectivity index (χ4n) is 4.78. The maximum Gasteiger partial charge on any atom is 0.161 e. The van der Waals surface area contributed by atoms with Gasteiger partial charge in [0.15, 0.2) is 5.65 Å². The van der Waals surface area contributed by atoms with Gasteiger partial charge in [-0.2, -0.15) is 5.10 Å². The average molecular weight is 435 g/mol. The van der Waals surface area contributed by atoms with E-state index in [1.165, 1.54) is 12.8 Å². The first-order chi connectivity index (χ1) is 14.9. The molecule has 1 atom stereocenters. The first kappa shape index (κ1) is 18.8. The summed E-state index contributed by atoms with van der Waals surface area (Å²) in [5.41, 5.74) is 3.85. The zero-order valence-corrected chi connectivity index (χ0v) is 18.2. The fourth-order valence-corrected chi connectivity index (χ4v) is 5.02. The fraction of sp³-hybridized carbons (Fsp3) is 0.348. The zero-order valence-electron chi connectivity index (χ0n) is 17.4. The van der Waals surface area contributed by atoms with Crippen molar-refractivity contribution in [1.82, 2.24) is 25.1 Å². The Morgan fingerprint density at radius 2 is 2.06 bits per heavy atom. The summed E-state index contributed by atoms with van der Waals surface area (Å²) in [6.07, 6.45) is 6.25. The van der Waals surface area contributed by atoms with Crippen LogP contribution in [0.3, 0.4) is 0 Å². The van der Waals surface area contributed by atoms with Gasteiger partial charge in [0.25, 0.3) is 0 Å². The SMILES string of the molecule is C[C@@H]1CN(c2cnc3nc(-c4cc5cn(C)nc5cc4O)cc(Cl)c3c2)CC2(CC2)N1. The Bertz CT molecular complexity index is 1350. The Morgan fingerprint density at radius 3 is 2.87 bits per heavy atom. The predicted octanol–water partition coefficient (Wildman–Crippen LogP) is 3.87. The number of nitrogens with one attached hydrogen (secondary N) is 1. The van der Waals surface area contributed by atoms with E-state index >= 15 is 0 Å². The van der Waals surface area contributed by atoms with E-state index in [1.807, 2.05) is 25.5 Å². The normalized spacial score (nSPS) is 20.1. The highest BCUT2D eigenvalue weighted by molar-refractivity contribution is 6.35. The molecule has 2 N–H and O–H groups in total.